The van der Waals surface area contributed by atoms with Gasteiger partial charge in [0.25, 0.3) is 5.91 Å². The number of aliphatic imine (C=N–C) groups is 1. The second kappa shape index (κ2) is 17.3. The van der Waals surface area contributed by atoms with Crippen LogP contribution in [-0.2, 0) is 0 Å². The van der Waals surface area contributed by atoms with Crippen molar-refractivity contribution in [1.82, 2.24) is 19.7 Å². The zero-order chi connectivity index (χ0) is 34.9. The predicted octanol–water partition coefficient (Wildman–Crippen LogP) is 10.6. The average Bonchev–Trinajstić information content (AvgIpc) is 3.76. The molecule has 0 bridgehead atoms. The maximum atomic E-state index is 13.5. The number of nitrogens with zero attached hydrogens (tertiary/aromatic N) is 7. The molecule has 0 saturated heterocycles. The third kappa shape index (κ3) is 8.57. The minimum Gasteiger partial charge on any atom is -0.347 e. The van der Waals surface area contributed by atoms with Crippen molar-refractivity contribution in [3.63, 3.8) is 0 Å². The molecule has 49 heavy (non-hydrogen) atoms. The number of benzene rings is 1. The van der Waals surface area contributed by atoms with Crippen molar-refractivity contribution in [2.45, 2.75) is 131 Å². The Morgan fingerprint density at radius 1 is 0.959 bits per heavy atom. The molecule has 8 nitrogen and oxygen atoms in total. The summed E-state index contributed by atoms with van der Waals surface area (Å²) in [5.41, 5.74) is 4.15. The zero-order valence-corrected chi connectivity index (χ0v) is 31.4. The van der Waals surface area contributed by atoms with Gasteiger partial charge < -0.3 is 4.90 Å². The lowest BCUT2D eigenvalue weighted by Gasteiger charge is -2.30. The SMILES string of the molecule is CCCCC(CC)CN(CC(CC)CCCC)c1nc(-c2ccc(C)cc2)c(/N=C2/C(C)=C(C#N)C(=O)n3nc(C4CCCCC4)nc32)s1. The molecule has 2 unspecified atom stereocenters. The molecule has 9 heteroatoms. The highest BCUT2D eigenvalue weighted by Gasteiger charge is 2.34. The van der Waals surface area contributed by atoms with E-state index in [9.17, 15) is 10.1 Å². The Labute approximate surface area is 297 Å². The number of anilines is 1. The fraction of sp³-hybridized carbons (Fsp3) is 0.600. The van der Waals surface area contributed by atoms with Crippen molar-refractivity contribution in [1.29, 1.82) is 5.26 Å². The molecular weight excluding hydrogens is 627 g/mol. The molecule has 0 spiro atoms. The standard InChI is InChI=1S/C40H55N7OS/c1-7-11-16-29(9-3)25-46(26-30(10-4)17-12-8-2)40-43-35(31-22-20-27(5)21-23-31)38(49-40)42-34-28(6)33(24-41)39(48)47-37(34)44-36(45-47)32-18-14-13-15-19-32/h20-23,29-30,32H,7-19,25-26H2,1-6H3/b42-34-. The van der Waals surface area contributed by atoms with Crippen molar-refractivity contribution in [2.75, 3.05) is 18.0 Å². The fourth-order valence-corrected chi connectivity index (χ4v) is 8.16. The van der Waals surface area contributed by atoms with Crippen LogP contribution in [-0.4, -0.2) is 44.5 Å². The van der Waals surface area contributed by atoms with Crippen LogP contribution in [0.4, 0.5) is 10.1 Å². The van der Waals surface area contributed by atoms with E-state index in [1.165, 1.54) is 55.2 Å². The number of thiazole rings is 1. The van der Waals surface area contributed by atoms with E-state index in [0.29, 0.717) is 34.8 Å². The molecule has 0 radical (unpaired) electrons. The Hall–Kier alpha value is -3.64. The lowest BCUT2D eigenvalue weighted by Crippen LogP contribution is -2.34. The molecule has 0 N–H and O–H groups in total. The van der Waals surface area contributed by atoms with Gasteiger partial charge in [-0.05, 0) is 51.4 Å². The number of aryl methyl sites for hydroxylation is 1. The van der Waals surface area contributed by atoms with E-state index in [4.69, 9.17) is 20.1 Å². The number of fused-ring (bicyclic) bond motifs is 1. The van der Waals surface area contributed by atoms with E-state index in [1.807, 2.05) is 6.92 Å². The number of unbranched alkanes of at least 4 members (excludes halogenated alkanes) is 2. The largest absolute Gasteiger partial charge is 0.347 e. The molecule has 262 valence electrons. The van der Waals surface area contributed by atoms with Gasteiger partial charge in [0.05, 0.1) is 0 Å². The number of carbonyl (C=O) groups excluding carboxylic acids is 1. The zero-order valence-electron chi connectivity index (χ0n) is 30.6. The number of allylic oxidation sites excluding steroid dienone is 2. The average molecular weight is 682 g/mol. The Balaban J connectivity index is 1.64. The summed E-state index contributed by atoms with van der Waals surface area (Å²) >= 11 is 1.61. The maximum absolute atomic E-state index is 13.5. The van der Waals surface area contributed by atoms with Crippen LogP contribution >= 0.6 is 11.3 Å². The van der Waals surface area contributed by atoms with E-state index < -0.39 is 5.91 Å². The second-order valence-electron chi connectivity index (χ2n) is 14.2. The van der Waals surface area contributed by atoms with Gasteiger partial charge >= 0.3 is 0 Å². The van der Waals surface area contributed by atoms with Crippen LogP contribution in [0.2, 0.25) is 0 Å². The Bertz CT molecular complexity index is 1650. The molecule has 2 atom stereocenters. The summed E-state index contributed by atoms with van der Waals surface area (Å²) < 4.78 is 1.33. The van der Waals surface area contributed by atoms with E-state index in [0.717, 1.165) is 73.0 Å². The number of hydrogen-bond donors (Lipinski definition) is 0. The smallest absolute Gasteiger partial charge is 0.291 e. The summed E-state index contributed by atoms with van der Waals surface area (Å²) in [4.78, 5) is 31.7. The minimum absolute atomic E-state index is 0.0676. The number of carbonyl (C=O) groups is 1. The third-order valence-corrected chi connectivity index (χ3v) is 11.5. The molecule has 0 amide bonds. The van der Waals surface area contributed by atoms with E-state index in [2.05, 4.69) is 69.9 Å². The van der Waals surface area contributed by atoms with Gasteiger partial charge in [0.2, 0.25) is 0 Å². The molecule has 1 aromatic carbocycles. The first-order valence-electron chi connectivity index (χ1n) is 18.9. The van der Waals surface area contributed by atoms with Gasteiger partial charge in [-0.2, -0.15) is 9.94 Å². The Kier molecular flexibility index (Phi) is 13.0. The first kappa shape index (κ1) is 36.6. The lowest BCUT2D eigenvalue weighted by molar-refractivity contribution is 0.0941. The highest BCUT2D eigenvalue weighted by Crippen LogP contribution is 2.42. The molecule has 1 fully saturated rings. The van der Waals surface area contributed by atoms with Crippen molar-refractivity contribution in [3.05, 3.63) is 52.6 Å². The highest BCUT2D eigenvalue weighted by atomic mass is 32.1. The van der Waals surface area contributed by atoms with Crippen LogP contribution in [0.3, 0.4) is 0 Å². The number of rotatable bonds is 16. The summed E-state index contributed by atoms with van der Waals surface area (Å²) in [7, 11) is 0. The molecule has 3 aromatic rings. The first-order valence-corrected chi connectivity index (χ1v) is 19.7. The number of nitriles is 1. The molecule has 1 aliphatic heterocycles. The molecule has 1 aliphatic carbocycles. The van der Waals surface area contributed by atoms with Crippen molar-refractivity contribution in [2.24, 2.45) is 16.8 Å². The van der Waals surface area contributed by atoms with Crippen molar-refractivity contribution < 1.29 is 4.79 Å². The van der Waals surface area contributed by atoms with Crippen molar-refractivity contribution >= 4 is 33.1 Å². The molecule has 1 saturated carbocycles. The predicted molar refractivity (Wildman–Crippen MR) is 202 cm³/mol. The van der Waals surface area contributed by atoms with Crippen LogP contribution in [0.5, 0.6) is 0 Å². The summed E-state index contributed by atoms with van der Waals surface area (Å²) in [6, 6.07) is 10.6. The number of aromatic nitrogens is 4. The monoisotopic (exact) mass is 681 g/mol. The van der Waals surface area contributed by atoms with Crippen LogP contribution in [0.15, 0.2) is 40.4 Å². The summed E-state index contributed by atoms with van der Waals surface area (Å²) in [6.07, 6.45) is 15.1. The quantitative estimate of drug-likeness (QED) is 0.149. The van der Waals surface area contributed by atoms with E-state index in [1.54, 1.807) is 11.3 Å². The summed E-state index contributed by atoms with van der Waals surface area (Å²) in [5, 5.41) is 16.6. The maximum Gasteiger partial charge on any atom is 0.291 e. The molecule has 5 rings (SSSR count). The van der Waals surface area contributed by atoms with Gasteiger partial charge in [0.1, 0.15) is 28.0 Å². The minimum atomic E-state index is -0.422. The Morgan fingerprint density at radius 2 is 1.59 bits per heavy atom. The fourth-order valence-electron chi connectivity index (χ4n) is 7.18. The topological polar surface area (TPSA) is 100 Å². The summed E-state index contributed by atoms with van der Waals surface area (Å²) in [5.74, 6) is 2.10. The Morgan fingerprint density at radius 3 is 2.16 bits per heavy atom. The first-order chi connectivity index (χ1) is 23.8. The van der Waals surface area contributed by atoms with Crippen molar-refractivity contribution in [3.8, 4) is 17.3 Å². The van der Waals surface area contributed by atoms with E-state index in [-0.39, 0.29) is 11.5 Å². The van der Waals surface area contributed by atoms with Gasteiger partial charge in [0, 0.05) is 30.1 Å². The highest BCUT2D eigenvalue weighted by molar-refractivity contribution is 7.19. The number of hydrogen-bond acceptors (Lipinski definition) is 8. The van der Waals surface area contributed by atoms with Gasteiger partial charge in [-0.15, -0.1) is 5.10 Å². The molecule has 2 aromatic heterocycles. The second-order valence-corrected chi connectivity index (χ2v) is 15.1. The van der Waals surface area contributed by atoms with Crippen LogP contribution in [0, 0.1) is 30.1 Å². The molecular formula is C40H55N7OS. The van der Waals surface area contributed by atoms with Crippen LogP contribution < -0.4 is 4.90 Å². The van der Waals surface area contributed by atoms with Crippen LogP contribution in [0.25, 0.3) is 11.3 Å². The third-order valence-electron chi connectivity index (χ3n) is 10.5. The summed E-state index contributed by atoms with van der Waals surface area (Å²) in [6.45, 7) is 15.0. The van der Waals surface area contributed by atoms with Gasteiger partial charge in [-0.3, -0.25) is 4.79 Å². The van der Waals surface area contributed by atoms with Gasteiger partial charge in [-0.1, -0.05) is 127 Å². The van der Waals surface area contributed by atoms with Crippen LogP contribution in [0.1, 0.15) is 146 Å². The van der Waals surface area contributed by atoms with Gasteiger partial charge in [-0.25, -0.2) is 15.0 Å². The normalized spacial score (nSPS) is 17.3. The lowest BCUT2D eigenvalue weighted by atomic mass is 9.89. The van der Waals surface area contributed by atoms with E-state index >= 15 is 0 Å². The van der Waals surface area contributed by atoms with Gasteiger partial charge in [0.15, 0.2) is 16.8 Å². The molecule has 3 heterocycles. The molecule has 2 aliphatic rings.